The third kappa shape index (κ3) is 9.12. The van der Waals surface area contributed by atoms with E-state index in [0.29, 0.717) is 32.7 Å². The summed E-state index contributed by atoms with van der Waals surface area (Å²) in [5, 5.41) is 19.3. The van der Waals surface area contributed by atoms with Gasteiger partial charge in [0.05, 0.1) is 21.2 Å². The minimum absolute atomic E-state index is 0.0638. The summed E-state index contributed by atoms with van der Waals surface area (Å²) in [6.07, 6.45) is -13.2. The van der Waals surface area contributed by atoms with E-state index in [-0.39, 0.29) is 44.2 Å². The second-order valence-corrected chi connectivity index (χ2v) is 13.2. The van der Waals surface area contributed by atoms with E-state index >= 15 is 0 Å². The van der Waals surface area contributed by atoms with Crippen molar-refractivity contribution in [3.8, 4) is 34.5 Å². The fraction of sp³-hybridized carbons (Fsp3) is 0.167. The zero-order valence-electron chi connectivity index (χ0n) is 27.2. The molecule has 6 rings (SSSR count). The van der Waals surface area contributed by atoms with E-state index in [0.717, 1.165) is 12.2 Å². The van der Waals surface area contributed by atoms with Crippen LogP contribution in [0.2, 0.25) is 20.1 Å². The molecule has 0 fully saturated rings. The Labute approximate surface area is 321 Å². The van der Waals surface area contributed by atoms with Gasteiger partial charge in [0.25, 0.3) is 0 Å². The smallest absolute Gasteiger partial charge is 0.430 e. The Morgan fingerprint density at radius 2 is 0.944 bits per heavy atom. The molecule has 0 saturated heterocycles. The molecule has 18 heteroatoms. The lowest BCUT2D eigenvalue weighted by Gasteiger charge is -2.27. The predicted octanol–water partition coefficient (Wildman–Crippen LogP) is 11.8. The Hall–Kier alpha value is -4.76. The summed E-state index contributed by atoms with van der Waals surface area (Å²) in [5.74, 6) is -2.88. The molecule has 4 aromatic rings. The summed E-state index contributed by atoms with van der Waals surface area (Å²) in [6, 6.07) is 14.6. The second kappa shape index (κ2) is 15.5. The first kappa shape index (κ1) is 40.4. The fourth-order valence-electron chi connectivity index (χ4n) is 5.08. The molecule has 0 bridgehead atoms. The highest BCUT2D eigenvalue weighted by molar-refractivity contribution is 6.33. The molecule has 0 spiro atoms. The van der Waals surface area contributed by atoms with Crippen molar-refractivity contribution >= 4 is 70.5 Å². The van der Waals surface area contributed by atoms with Crippen molar-refractivity contribution in [2.75, 3.05) is 0 Å². The van der Waals surface area contributed by atoms with Gasteiger partial charge in [-0.15, -0.1) is 0 Å². The lowest BCUT2D eigenvalue weighted by atomic mass is 10.0. The van der Waals surface area contributed by atoms with Crippen LogP contribution in [0.4, 0.5) is 26.3 Å². The largest absolute Gasteiger partial charge is 0.478 e. The quantitative estimate of drug-likeness (QED) is 0.185. The monoisotopic (exact) mass is 836 g/mol. The van der Waals surface area contributed by atoms with Gasteiger partial charge in [0, 0.05) is 33.3 Å². The fourth-order valence-corrected chi connectivity index (χ4v) is 5.95. The summed E-state index contributed by atoms with van der Waals surface area (Å²) >= 11 is 24.0. The third-order valence-electron chi connectivity index (χ3n) is 7.61. The van der Waals surface area contributed by atoms with Crippen LogP contribution in [0.5, 0.6) is 34.5 Å². The maximum Gasteiger partial charge on any atom is 0.430 e. The van der Waals surface area contributed by atoms with Gasteiger partial charge in [-0.1, -0.05) is 46.4 Å². The minimum Gasteiger partial charge on any atom is -0.478 e. The Morgan fingerprint density at radius 1 is 0.593 bits per heavy atom. The summed E-state index contributed by atoms with van der Waals surface area (Å²) in [7, 11) is 0. The first-order valence-corrected chi connectivity index (χ1v) is 16.5. The van der Waals surface area contributed by atoms with Crippen LogP contribution in [0, 0.1) is 13.8 Å². The van der Waals surface area contributed by atoms with Crippen molar-refractivity contribution in [3.63, 3.8) is 0 Å². The number of aliphatic carboxylic acids is 2. The average molecular weight is 838 g/mol. The maximum atomic E-state index is 13.2. The van der Waals surface area contributed by atoms with E-state index in [9.17, 15) is 35.9 Å². The van der Waals surface area contributed by atoms with Crippen molar-refractivity contribution in [3.05, 3.63) is 114 Å². The number of hydrogen-bond donors (Lipinski definition) is 2. The van der Waals surface area contributed by atoms with Crippen LogP contribution in [-0.4, -0.2) is 46.7 Å². The molecule has 1 unspecified atom stereocenters. The van der Waals surface area contributed by atoms with Crippen LogP contribution in [0.3, 0.4) is 0 Å². The molecular formula is C36H22Cl4F6O8. The van der Waals surface area contributed by atoms with Gasteiger partial charge >= 0.3 is 24.3 Å². The molecule has 0 aliphatic carbocycles. The molecule has 4 aromatic carbocycles. The SMILES string of the molecule is Cc1cc(Cl)ccc1Oc1cc2c(cc1Cl)C=C(C(=O)O)C(C(F)(F)F)O2.Cc1cc(Cl)ccc1Oc1cc2c(cc1Cl)C=C(C(=O)O)[C@@H](C(F)(F)F)O2. The maximum absolute atomic E-state index is 13.2. The molecule has 2 aliphatic rings. The van der Waals surface area contributed by atoms with Gasteiger partial charge in [0.15, 0.2) is 0 Å². The van der Waals surface area contributed by atoms with Gasteiger partial charge < -0.3 is 29.2 Å². The zero-order valence-corrected chi connectivity index (χ0v) is 30.2. The highest BCUT2D eigenvalue weighted by atomic mass is 35.5. The number of carbonyl (C=O) groups is 2. The molecule has 2 atom stereocenters. The van der Waals surface area contributed by atoms with Crippen molar-refractivity contribution in [2.24, 2.45) is 0 Å². The molecule has 2 aliphatic heterocycles. The Morgan fingerprint density at radius 3 is 1.24 bits per heavy atom. The topological polar surface area (TPSA) is 112 Å². The highest BCUT2D eigenvalue weighted by Crippen LogP contribution is 2.45. The molecule has 54 heavy (non-hydrogen) atoms. The third-order valence-corrected chi connectivity index (χ3v) is 8.67. The van der Waals surface area contributed by atoms with Crippen LogP contribution >= 0.6 is 46.4 Å². The number of rotatable bonds is 6. The van der Waals surface area contributed by atoms with Crippen molar-refractivity contribution in [2.45, 2.75) is 38.4 Å². The van der Waals surface area contributed by atoms with E-state index in [2.05, 4.69) is 0 Å². The van der Waals surface area contributed by atoms with Gasteiger partial charge in [0.2, 0.25) is 12.2 Å². The predicted molar refractivity (Wildman–Crippen MR) is 188 cm³/mol. The highest BCUT2D eigenvalue weighted by Gasteiger charge is 2.49. The van der Waals surface area contributed by atoms with Crippen molar-refractivity contribution < 1.29 is 65.1 Å². The summed E-state index contributed by atoms with van der Waals surface area (Å²) < 4.78 is 100. The second-order valence-electron chi connectivity index (χ2n) is 11.6. The Balaban J connectivity index is 0.000000208. The normalized spacial score (nSPS) is 16.2. The molecule has 2 heterocycles. The standard InChI is InChI=1S/2C18H11Cl2F3O4/c2*1-8-4-10(19)2-3-13(8)26-15-7-14-9(6-12(15)20)5-11(17(24)25)16(27-14)18(21,22)23/h2*2-7,16H,1H3,(H,24,25)/t16-;/m0./s1. The molecule has 284 valence electrons. The molecule has 8 nitrogen and oxygen atoms in total. The average Bonchev–Trinajstić information content (AvgIpc) is 3.06. The molecule has 2 N–H and O–H groups in total. The van der Waals surface area contributed by atoms with Gasteiger partial charge in [-0.2, -0.15) is 26.3 Å². The number of hydrogen-bond acceptors (Lipinski definition) is 6. The molecule has 0 radical (unpaired) electrons. The van der Waals surface area contributed by atoms with E-state index in [1.54, 1.807) is 50.2 Å². The zero-order chi connectivity index (χ0) is 39.9. The van der Waals surface area contributed by atoms with Crippen LogP contribution < -0.4 is 18.9 Å². The first-order chi connectivity index (χ1) is 25.1. The lowest BCUT2D eigenvalue weighted by molar-refractivity contribution is -0.187. The minimum atomic E-state index is -4.89. The van der Waals surface area contributed by atoms with Gasteiger partial charge in [-0.3, -0.25) is 0 Å². The lowest BCUT2D eigenvalue weighted by Crippen LogP contribution is -2.40. The number of alkyl halides is 6. The van der Waals surface area contributed by atoms with Crippen molar-refractivity contribution in [1.82, 2.24) is 0 Å². The summed E-state index contributed by atoms with van der Waals surface area (Å²) in [5.41, 5.74) is -0.241. The Kier molecular flexibility index (Phi) is 11.6. The van der Waals surface area contributed by atoms with E-state index in [4.69, 9.17) is 75.6 Å². The molecule has 0 amide bonds. The van der Waals surface area contributed by atoms with Gasteiger partial charge in [0.1, 0.15) is 34.5 Å². The number of fused-ring (bicyclic) bond motifs is 2. The number of halogens is 10. The molecule has 0 aromatic heterocycles. The number of aryl methyl sites for hydroxylation is 2. The molecule has 0 saturated carbocycles. The van der Waals surface area contributed by atoms with Gasteiger partial charge in [-0.25, -0.2) is 9.59 Å². The van der Waals surface area contributed by atoms with Crippen LogP contribution in [0.25, 0.3) is 12.2 Å². The first-order valence-electron chi connectivity index (χ1n) is 15.0. The number of carboxylic acids is 2. The number of ether oxygens (including phenoxy) is 4. The van der Waals surface area contributed by atoms with Crippen molar-refractivity contribution in [1.29, 1.82) is 0 Å². The van der Waals surface area contributed by atoms with E-state index < -0.39 is 47.6 Å². The van der Waals surface area contributed by atoms with E-state index in [1.807, 2.05) is 0 Å². The number of carboxylic acid groups (broad SMARTS) is 2. The van der Waals surface area contributed by atoms with Crippen LogP contribution in [0.15, 0.2) is 71.8 Å². The van der Waals surface area contributed by atoms with Crippen LogP contribution in [-0.2, 0) is 9.59 Å². The Bertz CT molecular complexity index is 2060. The molecular weight excluding hydrogens is 816 g/mol. The van der Waals surface area contributed by atoms with Gasteiger partial charge in [-0.05, 0) is 85.7 Å². The van der Waals surface area contributed by atoms with E-state index in [1.165, 1.54) is 24.3 Å². The summed E-state index contributed by atoms with van der Waals surface area (Å²) in [6.45, 7) is 3.48. The number of benzene rings is 4. The van der Waals surface area contributed by atoms with Crippen LogP contribution in [0.1, 0.15) is 22.3 Å². The summed E-state index contributed by atoms with van der Waals surface area (Å²) in [4.78, 5) is 22.3.